The van der Waals surface area contributed by atoms with Gasteiger partial charge in [-0.1, -0.05) is 23.6 Å². The number of guanidine groups is 1. The van der Waals surface area contributed by atoms with Crippen molar-refractivity contribution in [2.24, 2.45) is 4.99 Å². The van der Waals surface area contributed by atoms with Crippen molar-refractivity contribution in [2.75, 3.05) is 57.3 Å². The number of nitrogens with zero attached hydrogens (tertiary/aromatic N) is 3. The Morgan fingerprint density at radius 2 is 2.04 bits per heavy atom. The van der Waals surface area contributed by atoms with Gasteiger partial charge >= 0.3 is 0 Å². The Balaban J connectivity index is 0.00000338. The van der Waals surface area contributed by atoms with Gasteiger partial charge in [-0.15, -0.1) is 30.4 Å². The number of terminal acetylenes is 1. The summed E-state index contributed by atoms with van der Waals surface area (Å²) in [5.74, 6) is 3.36. The van der Waals surface area contributed by atoms with E-state index in [0.29, 0.717) is 6.54 Å². The minimum Gasteiger partial charge on any atom is -0.369 e. The summed E-state index contributed by atoms with van der Waals surface area (Å²) in [7, 11) is 0. The molecule has 2 rings (SSSR count). The first-order valence-electron chi connectivity index (χ1n) is 8.91. The van der Waals surface area contributed by atoms with Crippen LogP contribution < -0.4 is 15.5 Å². The van der Waals surface area contributed by atoms with Crippen molar-refractivity contribution < 1.29 is 0 Å². The van der Waals surface area contributed by atoms with E-state index in [1.165, 1.54) is 5.69 Å². The molecule has 1 aliphatic heterocycles. The molecule has 5 nitrogen and oxygen atoms in total. The van der Waals surface area contributed by atoms with E-state index in [0.717, 1.165) is 63.2 Å². The molecule has 1 aromatic carbocycles. The second kappa shape index (κ2) is 13.1. The van der Waals surface area contributed by atoms with Crippen LogP contribution >= 0.6 is 35.6 Å². The molecular weight excluding hydrogens is 461 g/mol. The lowest BCUT2D eigenvalue weighted by Crippen LogP contribution is -2.46. The maximum atomic E-state index is 6.09. The molecular formula is C19H29ClIN5. The van der Waals surface area contributed by atoms with Crippen molar-refractivity contribution >= 4 is 47.2 Å². The van der Waals surface area contributed by atoms with E-state index < -0.39 is 0 Å². The summed E-state index contributed by atoms with van der Waals surface area (Å²) in [5, 5.41) is 7.10. The van der Waals surface area contributed by atoms with Gasteiger partial charge in [0, 0.05) is 56.5 Å². The van der Waals surface area contributed by atoms with Crippen LogP contribution in [0.1, 0.15) is 13.3 Å². The molecule has 1 aromatic rings. The van der Waals surface area contributed by atoms with Crippen LogP contribution in [0.15, 0.2) is 29.3 Å². The number of anilines is 1. The van der Waals surface area contributed by atoms with Crippen LogP contribution in [-0.4, -0.2) is 63.2 Å². The number of benzene rings is 1. The number of halogens is 2. The maximum Gasteiger partial charge on any atom is 0.192 e. The van der Waals surface area contributed by atoms with Gasteiger partial charge in [0.25, 0.3) is 0 Å². The largest absolute Gasteiger partial charge is 0.369 e. The molecule has 2 N–H and O–H groups in total. The Morgan fingerprint density at radius 3 is 2.69 bits per heavy atom. The van der Waals surface area contributed by atoms with Crippen molar-refractivity contribution in [1.29, 1.82) is 0 Å². The number of aliphatic imine (C=N–C) groups is 1. The van der Waals surface area contributed by atoms with Crippen molar-refractivity contribution in [3.8, 4) is 12.3 Å². The standard InChI is InChI=1S/C19H28ClN5.HI/c1-3-9-22-19(21-4-2)23-10-6-11-24-12-14-25(15-13-24)18-8-5-7-17(20)16-18;/h1,5,7-8,16H,4,6,9-15H2,2H3,(H2,21,22,23);1H. The number of hydrogen-bond donors (Lipinski definition) is 2. The normalized spacial score (nSPS) is 15.1. The van der Waals surface area contributed by atoms with E-state index in [4.69, 9.17) is 18.0 Å². The van der Waals surface area contributed by atoms with Crippen LogP contribution in [0.3, 0.4) is 0 Å². The number of hydrogen-bond acceptors (Lipinski definition) is 3. The Hall–Kier alpha value is -1.17. The van der Waals surface area contributed by atoms with Crippen LogP contribution in [-0.2, 0) is 0 Å². The van der Waals surface area contributed by atoms with Gasteiger partial charge in [0.15, 0.2) is 5.96 Å². The Bertz CT molecular complexity index is 594. The topological polar surface area (TPSA) is 42.9 Å². The SMILES string of the molecule is C#CCNC(=NCCCN1CCN(c2cccc(Cl)c2)CC1)NCC.I. The fourth-order valence-electron chi connectivity index (χ4n) is 2.86. The van der Waals surface area contributed by atoms with Crippen LogP contribution in [0.25, 0.3) is 0 Å². The zero-order valence-corrected chi connectivity index (χ0v) is 18.5. The lowest BCUT2D eigenvalue weighted by atomic mass is 10.2. The van der Waals surface area contributed by atoms with Crippen molar-refractivity contribution in [1.82, 2.24) is 15.5 Å². The van der Waals surface area contributed by atoms with E-state index >= 15 is 0 Å². The molecule has 1 fully saturated rings. The molecule has 1 saturated heterocycles. The van der Waals surface area contributed by atoms with Crippen LogP contribution in [0.4, 0.5) is 5.69 Å². The molecule has 0 amide bonds. The van der Waals surface area contributed by atoms with Gasteiger partial charge in [0.1, 0.15) is 0 Å². The maximum absolute atomic E-state index is 6.09. The zero-order chi connectivity index (χ0) is 17.9. The average molecular weight is 490 g/mol. The van der Waals surface area contributed by atoms with E-state index in [1.54, 1.807) is 0 Å². The van der Waals surface area contributed by atoms with E-state index in [2.05, 4.69) is 37.4 Å². The summed E-state index contributed by atoms with van der Waals surface area (Å²) < 4.78 is 0. The lowest BCUT2D eigenvalue weighted by Gasteiger charge is -2.36. The smallest absolute Gasteiger partial charge is 0.192 e. The number of piperazine rings is 1. The van der Waals surface area contributed by atoms with Crippen molar-refractivity contribution in [3.63, 3.8) is 0 Å². The average Bonchev–Trinajstić information content (AvgIpc) is 2.63. The third-order valence-electron chi connectivity index (χ3n) is 4.15. The third-order valence-corrected chi connectivity index (χ3v) is 4.39. The molecule has 0 aliphatic carbocycles. The number of rotatable bonds is 7. The molecule has 0 spiro atoms. The van der Waals surface area contributed by atoms with Gasteiger partial charge in [-0.05, 0) is 31.5 Å². The lowest BCUT2D eigenvalue weighted by molar-refractivity contribution is 0.256. The highest BCUT2D eigenvalue weighted by Gasteiger charge is 2.16. The van der Waals surface area contributed by atoms with E-state index in [9.17, 15) is 0 Å². The molecule has 0 radical (unpaired) electrons. The Labute approximate surface area is 179 Å². The predicted molar refractivity (Wildman–Crippen MR) is 123 cm³/mol. The van der Waals surface area contributed by atoms with Crippen molar-refractivity contribution in [3.05, 3.63) is 29.3 Å². The first-order chi connectivity index (χ1) is 12.2. The van der Waals surface area contributed by atoms with Crippen molar-refractivity contribution in [2.45, 2.75) is 13.3 Å². The summed E-state index contributed by atoms with van der Waals surface area (Å²) in [4.78, 5) is 9.45. The predicted octanol–water partition coefficient (Wildman–Crippen LogP) is 2.66. The zero-order valence-electron chi connectivity index (χ0n) is 15.4. The van der Waals surface area contributed by atoms with Gasteiger partial charge in [-0.25, -0.2) is 0 Å². The quantitative estimate of drug-likeness (QED) is 0.203. The molecule has 0 atom stereocenters. The minimum absolute atomic E-state index is 0. The Morgan fingerprint density at radius 1 is 1.27 bits per heavy atom. The number of nitrogens with one attached hydrogen (secondary N) is 2. The first-order valence-corrected chi connectivity index (χ1v) is 9.29. The fourth-order valence-corrected chi connectivity index (χ4v) is 3.05. The molecule has 144 valence electrons. The van der Waals surface area contributed by atoms with Gasteiger partial charge in [-0.3, -0.25) is 9.89 Å². The molecule has 0 unspecified atom stereocenters. The first kappa shape index (κ1) is 22.9. The van der Waals surface area contributed by atoms with Crippen LogP contribution in [0.5, 0.6) is 0 Å². The summed E-state index contributed by atoms with van der Waals surface area (Å²) in [6, 6.07) is 8.10. The van der Waals surface area contributed by atoms with Gasteiger partial charge in [0.2, 0.25) is 0 Å². The second-order valence-corrected chi connectivity index (χ2v) is 6.42. The molecule has 1 heterocycles. The Kier molecular flexibility index (Phi) is 11.5. The highest BCUT2D eigenvalue weighted by Crippen LogP contribution is 2.20. The summed E-state index contributed by atoms with van der Waals surface area (Å²) in [5.41, 5.74) is 1.21. The fraction of sp³-hybridized carbons (Fsp3) is 0.526. The van der Waals surface area contributed by atoms with E-state index in [1.807, 2.05) is 25.1 Å². The second-order valence-electron chi connectivity index (χ2n) is 5.98. The van der Waals surface area contributed by atoms with Gasteiger partial charge < -0.3 is 15.5 Å². The third kappa shape index (κ3) is 8.02. The van der Waals surface area contributed by atoms with E-state index in [-0.39, 0.29) is 24.0 Å². The summed E-state index contributed by atoms with van der Waals surface area (Å²) in [6.07, 6.45) is 6.32. The van der Waals surface area contributed by atoms with Crippen LogP contribution in [0.2, 0.25) is 5.02 Å². The molecule has 1 aliphatic rings. The molecule has 0 aromatic heterocycles. The highest BCUT2D eigenvalue weighted by molar-refractivity contribution is 14.0. The summed E-state index contributed by atoms with van der Waals surface area (Å²) >= 11 is 6.09. The molecule has 26 heavy (non-hydrogen) atoms. The molecule has 7 heteroatoms. The van der Waals surface area contributed by atoms with Gasteiger partial charge in [0.05, 0.1) is 6.54 Å². The van der Waals surface area contributed by atoms with Gasteiger partial charge in [-0.2, -0.15) is 0 Å². The van der Waals surface area contributed by atoms with Crippen LogP contribution in [0, 0.1) is 12.3 Å². The highest BCUT2D eigenvalue weighted by atomic mass is 127. The monoisotopic (exact) mass is 489 g/mol. The minimum atomic E-state index is 0. The molecule has 0 saturated carbocycles. The molecule has 0 bridgehead atoms. The summed E-state index contributed by atoms with van der Waals surface area (Å²) in [6.45, 7) is 9.48.